The van der Waals surface area contributed by atoms with Crippen molar-refractivity contribution in [2.75, 3.05) is 26.8 Å². The normalized spacial score (nSPS) is 22.1. The zero-order valence-electron chi connectivity index (χ0n) is 12.4. The summed E-state index contributed by atoms with van der Waals surface area (Å²) in [5, 5.41) is 19.0. The van der Waals surface area contributed by atoms with E-state index in [1.807, 2.05) is 24.3 Å². The first kappa shape index (κ1) is 15.8. The van der Waals surface area contributed by atoms with E-state index in [1.54, 1.807) is 12.0 Å². The molecule has 0 unspecified atom stereocenters. The van der Waals surface area contributed by atoms with Crippen molar-refractivity contribution in [2.24, 2.45) is 5.92 Å². The van der Waals surface area contributed by atoms with Crippen LogP contribution in [-0.4, -0.2) is 53.9 Å². The summed E-state index contributed by atoms with van der Waals surface area (Å²) in [5.41, 5.74) is 1.01. The number of piperidine rings is 1. The maximum absolute atomic E-state index is 12.2. The van der Waals surface area contributed by atoms with Gasteiger partial charge in [-0.1, -0.05) is 18.2 Å². The van der Waals surface area contributed by atoms with Gasteiger partial charge in [0.2, 0.25) is 5.91 Å². The van der Waals surface area contributed by atoms with Gasteiger partial charge in [-0.25, -0.2) is 0 Å². The highest BCUT2D eigenvalue weighted by Crippen LogP contribution is 2.21. The number of benzene rings is 1. The van der Waals surface area contributed by atoms with E-state index in [-0.39, 0.29) is 18.4 Å². The Labute approximate surface area is 125 Å². The fraction of sp³-hybridized carbons (Fsp3) is 0.562. The molecule has 0 bridgehead atoms. The van der Waals surface area contributed by atoms with E-state index in [2.05, 4.69) is 0 Å². The number of methoxy groups -OCH3 is 1. The Morgan fingerprint density at radius 1 is 1.43 bits per heavy atom. The zero-order valence-corrected chi connectivity index (χ0v) is 12.4. The summed E-state index contributed by atoms with van der Waals surface area (Å²) in [7, 11) is 1.62. The molecule has 2 rings (SSSR count). The molecule has 0 spiro atoms. The molecule has 1 aromatic rings. The minimum atomic E-state index is -0.626. The number of carbonyl (C=O) groups excluding carboxylic acids is 1. The number of amides is 1. The van der Waals surface area contributed by atoms with Gasteiger partial charge < -0.3 is 19.8 Å². The fourth-order valence-corrected chi connectivity index (χ4v) is 2.73. The van der Waals surface area contributed by atoms with Crippen molar-refractivity contribution in [1.82, 2.24) is 4.90 Å². The number of nitrogens with zero attached hydrogens (tertiary/aromatic N) is 1. The van der Waals surface area contributed by atoms with Gasteiger partial charge in [-0.15, -0.1) is 0 Å². The molecule has 2 atom stereocenters. The quantitative estimate of drug-likeness (QED) is 0.843. The second-order valence-corrected chi connectivity index (χ2v) is 5.45. The average Bonchev–Trinajstić information content (AvgIpc) is 2.52. The highest BCUT2D eigenvalue weighted by molar-refractivity contribution is 5.76. The molecular weight excluding hydrogens is 270 g/mol. The first-order valence-corrected chi connectivity index (χ1v) is 7.34. The molecule has 0 saturated carbocycles. The van der Waals surface area contributed by atoms with E-state index in [4.69, 9.17) is 9.84 Å². The van der Waals surface area contributed by atoms with E-state index >= 15 is 0 Å². The summed E-state index contributed by atoms with van der Waals surface area (Å²) in [4.78, 5) is 13.9. The van der Waals surface area contributed by atoms with Crippen LogP contribution < -0.4 is 4.74 Å². The number of hydrogen-bond donors (Lipinski definition) is 2. The second kappa shape index (κ2) is 7.43. The van der Waals surface area contributed by atoms with E-state index < -0.39 is 6.10 Å². The average molecular weight is 293 g/mol. The lowest BCUT2D eigenvalue weighted by molar-refractivity contribution is -0.136. The Kier molecular flexibility index (Phi) is 5.59. The fourth-order valence-electron chi connectivity index (χ4n) is 2.73. The number of carbonyl (C=O) groups is 1. The highest BCUT2D eigenvalue weighted by atomic mass is 16.5. The summed E-state index contributed by atoms with van der Waals surface area (Å²) in [6.07, 6.45) is 1.05. The van der Waals surface area contributed by atoms with E-state index in [0.29, 0.717) is 32.4 Å². The topological polar surface area (TPSA) is 70.0 Å². The van der Waals surface area contributed by atoms with E-state index in [1.165, 1.54) is 0 Å². The summed E-state index contributed by atoms with van der Waals surface area (Å²) < 4.78 is 5.28. The SMILES string of the molecule is COc1ccccc1CCC(=O)N1CC[C@H](CO)[C@@H](O)C1. The van der Waals surface area contributed by atoms with Crippen LogP contribution >= 0.6 is 0 Å². The molecule has 1 aliphatic heterocycles. The Morgan fingerprint density at radius 2 is 2.19 bits per heavy atom. The van der Waals surface area contributed by atoms with Crippen LogP contribution in [-0.2, 0) is 11.2 Å². The van der Waals surface area contributed by atoms with Crippen molar-refractivity contribution in [2.45, 2.75) is 25.4 Å². The van der Waals surface area contributed by atoms with Gasteiger partial charge in [0.15, 0.2) is 0 Å². The van der Waals surface area contributed by atoms with Crippen molar-refractivity contribution in [3.8, 4) is 5.75 Å². The standard InChI is InChI=1S/C16H23NO4/c1-21-15-5-3-2-4-12(15)6-7-16(20)17-9-8-13(11-18)14(19)10-17/h2-5,13-14,18-19H,6-11H2,1H3/t13-,14+/m1/s1. The number of rotatable bonds is 5. The lowest BCUT2D eigenvalue weighted by Crippen LogP contribution is -2.47. The van der Waals surface area contributed by atoms with Crippen molar-refractivity contribution < 1.29 is 19.7 Å². The molecule has 21 heavy (non-hydrogen) atoms. The smallest absolute Gasteiger partial charge is 0.222 e. The molecule has 5 nitrogen and oxygen atoms in total. The third-order valence-corrected chi connectivity index (χ3v) is 4.11. The Balaban J connectivity index is 1.88. The number of hydrogen-bond acceptors (Lipinski definition) is 4. The molecule has 0 aromatic heterocycles. The molecule has 1 fully saturated rings. The summed E-state index contributed by atoms with van der Waals surface area (Å²) >= 11 is 0. The van der Waals surface area contributed by atoms with Gasteiger partial charge in [-0.2, -0.15) is 0 Å². The summed E-state index contributed by atoms with van der Waals surface area (Å²) in [6.45, 7) is 0.896. The maximum atomic E-state index is 12.2. The van der Waals surface area contributed by atoms with Crippen molar-refractivity contribution in [3.63, 3.8) is 0 Å². The van der Waals surface area contributed by atoms with Gasteiger partial charge in [0, 0.05) is 32.0 Å². The number of aliphatic hydroxyl groups is 2. The molecule has 0 aliphatic carbocycles. The molecule has 1 aromatic carbocycles. The Morgan fingerprint density at radius 3 is 2.86 bits per heavy atom. The maximum Gasteiger partial charge on any atom is 0.222 e. The molecule has 5 heteroatoms. The Hall–Kier alpha value is -1.59. The first-order valence-electron chi connectivity index (χ1n) is 7.34. The predicted molar refractivity (Wildman–Crippen MR) is 79.1 cm³/mol. The van der Waals surface area contributed by atoms with Crippen LogP contribution in [0.4, 0.5) is 0 Å². The molecule has 1 saturated heterocycles. The summed E-state index contributed by atoms with van der Waals surface area (Å²) in [5.74, 6) is 0.726. The number of ether oxygens (including phenoxy) is 1. The number of aliphatic hydroxyl groups excluding tert-OH is 2. The lowest BCUT2D eigenvalue weighted by Gasteiger charge is -2.35. The van der Waals surface area contributed by atoms with Crippen LogP contribution in [0.3, 0.4) is 0 Å². The van der Waals surface area contributed by atoms with Gasteiger partial charge in [-0.05, 0) is 24.5 Å². The van der Waals surface area contributed by atoms with Crippen LogP contribution in [0.5, 0.6) is 5.75 Å². The van der Waals surface area contributed by atoms with Crippen LogP contribution in [0.1, 0.15) is 18.4 Å². The third-order valence-electron chi connectivity index (χ3n) is 4.11. The second-order valence-electron chi connectivity index (χ2n) is 5.45. The molecule has 2 N–H and O–H groups in total. The first-order chi connectivity index (χ1) is 10.2. The van der Waals surface area contributed by atoms with Gasteiger partial charge >= 0.3 is 0 Å². The van der Waals surface area contributed by atoms with Crippen LogP contribution in [0.25, 0.3) is 0 Å². The molecule has 1 heterocycles. The van der Waals surface area contributed by atoms with Crippen molar-refractivity contribution in [3.05, 3.63) is 29.8 Å². The van der Waals surface area contributed by atoms with E-state index in [0.717, 1.165) is 11.3 Å². The minimum Gasteiger partial charge on any atom is -0.496 e. The number of likely N-dealkylation sites (tertiary alicyclic amines) is 1. The van der Waals surface area contributed by atoms with Gasteiger partial charge in [-0.3, -0.25) is 4.79 Å². The number of β-amino-alcohol motifs (C(OH)–C–C–N with tert-alkyl or cyclic N) is 1. The number of aryl methyl sites for hydroxylation is 1. The molecule has 1 amide bonds. The largest absolute Gasteiger partial charge is 0.496 e. The zero-order chi connectivity index (χ0) is 15.2. The van der Waals surface area contributed by atoms with Crippen LogP contribution in [0, 0.1) is 5.92 Å². The monoisotopic (exact) mass is 293 g/mol. The summed E-state index contributed by atoms with van der Waals surface area (Å²) in [6, 6.07) is 7.67. The van der Waals surface area contributed by atoms with Crippen molar-refractivity contribution >= 4 is 5.91 Å². The number of para-hydroxylation sites is 1. The van der Waals surface area contributed by atoms with E-state index in [9.17, 15) is 9.90 Å². The van der Waals surface area contributed by atoms with Gasteiger partial charge in [0.05, 0.1) is 13.2 Å². The molecule has 0 radical (unpaired) electrons. The van der Waals surface area contributed by atoms with Crippen LogP contribution in [0.15, 0.2) is 24.3 Å². The molecule has 116 valence electrons. The molecule has 1 aliphatic rings. The Bertz CT molecular complexity index is 477. The third kappa shape index (κ3) is 3.95. The highest BCUT2D eigenvalue weighted by Gasteiger charge is 2.29. The lowest BCUT2D eigenvalue weighted by atomic mass is 9.94. The van der Waals surface area contributed by atoms with Crippen LogP contribution in [0.2, 0.25) is 0 Å². The van der Waals surface area contributed by atoms with Crippen molar-refractivity contribution in [1.29, 1.82) is 0 Å². The van der Waals surface area contributed by atoms with Gasteiger partial charge in [0.25, 0.3) is 0 Å². The molecular formula is C16H23NO4. The minimum absolute atomic E-state index is 0.0234. The van der Waals surface area contributed by atoms with Gasteiger partial charge in [0.1, 0.15) is 5.75 Å². The predicted octanol–water partition coefficient (Wildman–Crippen LogP) is 0.829.